The van der Waals surface area contributed by atoms with Gasteiger partial charge < -0.3 is 19.4 Å². The Morgan fingerprint density at radius 2 is 1.65 bits per heavy atom. The third kappa shape index (κ3) is 5.26. The number of H-pyrrole nitrogens is 1. The van der Waals surface area contributed by atoms with E-state index in [4.69, 9.17) is 9.47 Å². The minimum atomic E-state index is -0.663. The molecule has 1 fully saturated rings. The first-order chi connectivity index (χ1) is 14.2. The lowest BCUT2D eigenvalue weighted by molar-refractivity contribution is 0.00696. The normalized spacial score (nSPS) is 15.9. The van der Waals surface area contributed by atoms with Gasteiger partial charge in [-0.15, -0.1) is 0 Å². The first kappa shape index (κ1) is 22.8. The predicted molar refractivity (Wildman–Crippen MR) is 116 cm³/mol. The maximum Gasteiger partial charge on any atom is 0.410 e. The zero-order valence-electron chi connectivity index (χ0n) is 19.4. The molecule has 1 N–H and O–H groups in total. The van der Waals surface area contributed by atoms with Gasteiger partial charge >= 0.3 is 12.1 Å². The topological polar surface area (TPSA) is 106 Å². The average Bonchev–Trinajstić information content (AvgIpc) is 2.94. The van der Waals surface area contributed by atoms with E-state index in [0.29, 0.717) is 37.3 Å². The number of carbonyl (C=O) groups is 2. The maximum absolute atomic E-state index is 12.7. The van der Waals surface area contributed by atoms with Gasteiger partial charge in [0.2, 0.25) is 0 Å². The second-order valence-electron chi connectivity index (χ2n) is 10.0. The van der Waals surface area contributed by atoms with Crippen molar-refractivity contribution >= 4 is 17.7 Å². The Balaban J connectivity index is 1.88. The average molecular weight is 433 g/mol. The fourth-order valence-corrected chi connectivity index (χ4v) is 3.73. The number of carbonyl (C=O) groups excluding carboxylic acids is 2. The van der Waals surface area contributed by atoms with Crippen molar-refractivity contribution in [1.29, 1.82) is 0 Å². The molecule has 2 aromatic rings. The maximum atomic E-state index is 12.7. The predicted octanol–water partition coefficient (Wildman–Crippen LogP) is 3.40. The minimum absolute atomic E-state index is 0.0225. The van der Waals surface area contributed by atoms with Crippen LogP contribution in [-0.2, 0) is 9.47 Å². The van der Waals surface area contributed by atoms with Crippen LogP contribution in [0.3, 0.4) is 0 Å². The van der Waals surface area contributed by atoms with E-state index in [1.807, 2.05) is 20.8 Å². The zero-order valence-corrected chi connectivity index (χ0v) is 19.4. The summed E-state index contributed by atoms with van der Waals surface area (Å²) in [6.45, 7) is 13.7. The van der Waals surface area contributed by atoms with Gasteiger partial charge in [0.15, 0.2) is 5.65 Å². The number of amides is 1. The van der Waals surface area contributed by atoms with Gasteiger partial charge in [0.05, 0.1) is 11.4 Å². The van der Waals surface area contributed by atoms with Crippen LogP contribution in [-0.4, -0.2) is 55.9 Å². The number of nitrogens with zero attached hydrogens (tertiary/aromatic N) is 3. The molecule has 0 atom stereocenters. The van der Waals surface area contributed by atoms with Crippen LogP contribution in [0.1, 0.15) is 82.0 Å². The van der Waals surface area contributed by atoms with Crippen LogP contribution in [0.4, 0.5) is 4.79 Å². The summed E-state index contributed by atoms with van der Waals surface area (Å²) in [5.41, 5.74) is 0.302. The molecule has 31 heavy (non-hydrogen) atoms. The quantitative estimate of drug-likeness (QED) is 0.729. The smallest absolute Gasteiger partial charge is 0.410 e. The Morgan fingerprint density at radius 3 is 2.19 bits per heavy atom. The highest BCUT2D eigenvalue weighted by atomic mass is 16.6. The van der Waals surface area contributed by atoms with Crippen LogP contribution in [0.5, 0.6) is 0 Å². The molecule has 0 unspecified atom stereocenters. The summed E-state index contributed by atoms with van der Waals surface area (Å²) in [6.07, 6.45) is 1.00. The summed E-state index contributed by atoms with van der Waals surface area (Å²) in [4.78, 5) is 41.9. The summed E-state index contributed by atoms with van der Waals surface area (Å²) in [6, 6.07) is 1.52. The molecular weight excluding hydrogens is 400 g/mol. The number of aryl methyl sites for hydroxylation is 1. The summed E-state index contributed by atoms with van der Waals surface area (Å²) in [5, 5.41) is 4.52. The van der Waals surface area contributed by atoms with Crippen molar-refractivity contribution in [2.45, 2.75) is 78.4 Å². The number of likely N-dealkylation sites (tertiary alicyclic amines) is 1. The molecule has 0 radical (unpaired) electrons. The van der Waals surface area contributed by atoms with Gasteiger partial charge in [0.25, 0.3) is 5.56 Å². The van der Waals surface area contributed by atoms with Crippen LogP contribution in [0, 0.1) is 6.92 Å². The highest BCUT2D eigenvalue weighted by Crippen LogP contribution is 2.29. The van der Waals surface area contributed by atoms with Crippen LogP contribution >= 0.6 is 0 Å². The molecule has 0 aromatic carbocycles. The number of esters is 1. The lowest BCUT2D eigenvalue weighted by Gasteiger charge is -2.33. The molecule has 0 spiro atoms. The number of hydrogen-bond donors (Lipinski definition) is 1. The number of aromatic amines is 1. The van der Waals surface area contributed by atoms with Crippen molar-refractivity contribution < 1.29 is 19.1 Å². The second kappa shape index (κ2) is 8.01. The lowest BCUT2D eigenvalue weighted by atomic mass is 9.93. The van der Waals surface area contributed by atoms with Gasteiger partial charge in [0.1, 0.15) is 16.8 Å². The minimum Gasteiger partial charge on any atom is -0.456 e. The van der Waals surface area contributed by atoms with E-state index in [-0.39, 0.29) is 23.1 Å². The third-order valence-corrected chi connectivity index (χ3v) is 4.99. The van der Waals surface area contributed by atoms with Crippen molar-refractivity contribution in [3.63, 3.8) is 0 Å². The Morgan fingerprint density at radius 1 is 1.06 bits per heavy atom. The van der Waals surface area contributed by atoms with Crippen molar-refractivity contribution in [1.82, 2.24) is 19.5 Å². The first-order valence-corrected chi connectivity index (χ1v) is 10.6. The van der Waals surface area contributed by atoms with Gasteiger partial charge in [-0.05, 0) is 61.3 Å². The van der Waals surface area contributed by atoms with Crippen LogP contribution in [0.25, 0.3) is 5.65 Å². The Hall–Kier alpha value is -2.84. The molecule has 3 heterocycles. The largest absolute Gasteiger partial charge is 0.456 e. The van der Waals surface area contributed by atoms with E-state index in [1.165, 1.54) is 6.07 Å². The molecule has 0 bridgehead atoms. The number of aromatic nitrogens is 3. The first-order valence-electron chi connectivity index (χ1n) is 10.6. The summed E-state index contributed by atoms with van der Waals surface area (Å²) in [7, 11) is 0. The fourth-order valence-electron chi connectivity index (χ4n) is 3.73. The summed E-state index contributed by atoms with van der Waals surface area (Å²) < 4.78 is 12.6. The van der Waals surface area contributed by atoms with E-state index in [9.17, 15) is 14.4 Å². The highest BCUT2D eigenvalue weighted by Gasteiger charge is 2.31. The molecule has 3 rings (SSSR count). The van der Waals surface area contributed by atoms with Crippen molar-refractivity contribution in [2.75, 3.05) is 13.1 Å². The molecule has 1 aliphatic rings. The Labute approximate surface area is 181 Å². The molecule has 1 amide bonds. The second-order valence-corrected chi connectivity index (χ2v) is 10.0. The van der Waals surface area contributed by atoms with E-state index >= 15 is 0 Å². The number of nitrogens with one attached hydrogen (secondary N) is 1. The summed E-state index contributed by atoms with van der Waals surface area (Å²) in [5.74, 6) is -0.498. The van der Waals surface area contributed by atoms with Gasteiger partial charge in [-0.3, -0.25) is 4.79 Å². The summed E-state index contributed by atoms with van der Waals surface area (Å²) >= 11 is 0. The molecule has 170 valence electrons. The SMILES string of the molecule is Cc1nn2c(C3CCN(C(=O)OC(C)(C)C)CC3)cc(=O)[nH]c2c1C(=O)OC(C)(C)C. The highest BCUT2D eigenvalue weighted by molar-refractivity contribution is 5.97. The van der Waals surface area contributed by atoms with Gasteiger partial charge in [0, 0.05) is 25.1 Å². The third-order valence-electron chi connectivity index (χ3n) is 4.99. The molecular formula is C22H32N4O5. The molecule has 0 saturated carbocycles. The fraction of sp³-hybridized carbons (Fsp3) is 0.636. The number of ether oxygens (including phenoxy) is 2. The Bertz CT molecular complexity index is 1050. The van der Waals surface area contributed by atoms with E-state index in [0.717, 1.165) is 5.69 Å². The molecule has 1 saturated heterocycles. The molecule has 9 nitrogen and oxygen atoms in total. The van der Waals surface area contributed by atoms with Crippen LogP contribution < -0.4 is 5.56 Å². The molecule has 1 aliphatic heterocycles. The number of piperidine rings is 1. The number of hydrogen-bond acceptors (Lipinski definition) is 6. The van der Waals surface area contributed by atoms with Crippen LogP contribution in [0.15, 0.2) is 10.9 Å². The standard InChI is InChI=1S/C22H32N4O5/c1-13-17(19(28)30-21(2,3)4)18-23-16(27)12-15(26(18)24-13)14-8-10-25(11-9-14)20(29)31-22(5,6)7/h12,14H,8-11H2,1-7H3,(H,23,27). The molecule has 9 heteroatoms. The van der Waals surface area contributed by atoms with Crippen molar-refractivity contribution in [3.05, 3.63) is 33.4 Å². The monoisotopic (exact) mass is 432 g/mol. The number of fused-ring (bicyclic) bond motifs is 1. The number of rotatable bonds is 2. The molecule has 0 aliphatic carbocycles. The van der Waals surface area contributed by atoms with E-state index in [1.54, 1.807) is 37.1 Å². The zero-order chi connectivity index (χ0) is 23.1. The van der Waals surface area contributed by atoms with E-state index in [2.05, 4.69) is 10.1 Å². The molecule has 2 aromatic heterocycles. The van der Waals surface area contributed by atoms with Crippen molar-refractivity contribution in [3.8, 4) is 0 Å². The van der Waals surface area contributed by atoms with Crippen molar-refractivity contribution in [2.24, 2.45) is 0 Å². The lowest BCUT2D eigenvalue weighted by Crippen LogP contribution is -2.41. The van der Waals surface area contributed by atoms with Gasteiger partial charge in [-0.2, -0.15) is 5.10 Å². The van der Waals surface area contributed by atoms with Gasteiger partial charge in [-0.25, -0.2) is 14.1 Å². The van der Waals surface area contributed by atoms with Gasteiger partial charge in [-0.1, -0.05) is 0 Å². The Kier molecular flexibility index (Phi) is 5.90. The van der Waals surface area contributed by atoms with Crippen LogP contribution in [0.2, 0.25) is 0 Å². The van der Waals surface area contributed by atoms with E-state index < -0.39 is 17.2 Å².